The summed E-state index contributed by atoms with van der Waals surface area (Å²) in [6.07, 6.45) is 2.93. The highest BCUT2D eigenvalue weighted by atomic mass is 32.2. The Labute approximate surface area is 181 Å². The summed E-state index contributed by atoms with van der Waals surface area (Å²) in [4.78, 5) is 0.174. The number of benzene rings is 2. The maximum Gasteiger partial charge on any atom is 0.261 e. The van der Waals surface area contributed by atoms with Crippen LogP contribution >= 0.6 is 0 Å². The number of sulfonamides is 2. The number of aryl methyl sites for hydroxylation is 1. The Hall–Kier alpha value is -3.11. The van der Waals surface area contributed by atoms with E-state index in [2.05, 4.69) is 9.82 Å². The second-order valence-corrected chi connectivity index (χ2v) is 10.8. The Bertz CT molecular complexity index is 1310. The van der Waals surface area contributed by atoms with Gasteiger partial charge in [0.2, 0.25) is 10.0 Å². The van der Waals surface area contributed by atoms with E-state index in [1.165, 1.54) is 6.26 Å². The minimum Gasteiger partial charge on any atom is -0.467 e. The zero-order valence-electron chi connectivity index (χ0n) is 16.9. The van der Waals surface area contributed by atoms with Gasteiger partial charge in [-0.25, -0.2) is 16.8 Å². The molecule has 4 rings (SSSR count). The first-order valence-electron chi connectivity index (χ1n) is 9.44. The third kappa shape index (κ3) is 4.49. The number of rotatable bonds is 6. The Morgan fingerprint density at radius 1 is 1.00 bits per heavy atom. The van der Waals surface area contributed by atoms with Crippen LogP contribution in [0.2, 0.25) is 0 Å². The minimum atomic E-state index is -3.71. The highest BCUT2D eigenvalue weighted by molar-refractivity contribution is 7.92. The molecule has 1 unspecified atom stereocenters. The van der Waals surface area contributed by atoms with Gasteiger partial charge in [0.25, 0.3) is 10.0 Å². The van der Waals surface area contributed by atoms with Crippen molar-refractivity contribution < 1.29 is 21.3 Å². The first-order valence-corrected chi connectivity index (χ1v) is 12.8. The molecule has 10 heteroatoms. The summed E-state index contributed by atoms with van der Waals surface area (Å²) in [5.41, 5.74) is 2.63. The molecular formula is C21H21N3O5S2. The molecule has 0 saturated heterocycles. The third-order valence-corrected chi connectivity index (χ3v) is 7.30. The summed E-state index contributed by atoms with van der Waals surface area (Å²) in [6.45, 7) is 1.88. The Balaban J connectivity index is 1.56. The average molecular weight is 460 g/mol. The van der Waals surface area contributed by atoms with E-state index >= 15 is 0 Å². The van der Waals surface area contributed by atoms with Gasteiger partial charge in [-0.3, -0.25) is 4.72 Å². The molecule has 8 nitrogen and oxygen atoms in total. The molecule has 3 aromatic rings. The minimum absolute atomic E-state index is 0.174. The lowest BCUT2D eigenvalue weighted by Crippen LogP contribution is -2.25. The van der Waals surface area contributed by atoms with Crippen molar-refractivity contribution in [2.75, 3.05) is 11.0 Å². The quantitative estimate of drug-likeness (QED) is 0.607. The molecule has 2 aromatic carbocycles. The zero-order valence-corrected chi connectivity index (χ0v) is 18.5. The van der Waals surface area contributed by atoms with Crippen LogP contribution in [0.25, 0.3) is 0 Å². The van der Waals surface area contributed by atoms with Crippen molar-refractivity contribution in [1.29, 1.82) is 0 Å². The predicted molar refractivity (Wildman–Crippen MR) is 118 cm³/mol. The molecule has 1 aliphatic rings. The van der Waals surface area contributed by atoms with Crippen molar-refractivity contribution in [2.24, 2.45) is 5.10 Å². The first kappa shape index (κ1) is 21.1. The summed E-state index contributed by atoms with van der Waals surface area (Å²) in [7, 11) is -7.30. The van der Waals surface area contributed by atoms with Gasteiger partial charge in [0.1, 0.15) is 11.8 Å². The monoisotopic (exact) mass is 459 g/mol. The molecule has 0 spiro atoms. The fourth-order valence-corrected chi connectivity index (χ4v) is 5.27. The Kier molecular flexibility index (Phi) is 5.36. The highest BCUT2D eigenvalue weighted by Gasteiger charge is 2.36. The number of nitrogens with zero attached hydrogens (tertiary/aromatic N) is 2. The molecule has 1 N–H and O–H groups in total. The van der Waals surface area contributed by atoms with Gasteiger partial charge in [-0.2, -0.15) is 9.52 Å². The molecular weight excluding hydrogens is 438 g/mol. The maximum absolute atomic E-state index is 12.6. The van der Waals surface area contributed by atoms with Crippen LogP contribution in [-0.2, 0) is 20.0 Å². The second kappa shape index (κ2) is 7.86. The summed E-state index contributed by atoms with van der Waals surface area (Å²) in [5.74, 6) is 0.506. The summed E-state index contributed by atoms with van der Waals surface area (Å²) >= 11 is 0. The lowest BCUT2D eigenvalue weighted by atomic mass is 10.0. The van der Waals surface area contributed by atoms with E-state index in [0.717, 1.165) is 16.2 Å². The van der Waals surface area contributed by atoms with Gasteiger partial charge in [-0.1, -0.05) is 29.8 Å². The number of nitrogens with one attached hydrogen (secondary N) is 1. The fraction of sp³-hybridized carbons (Fsp3) is 0.190. The number of hydrogen-bond donors (Lipinski definition) is 1. The van der Waals surface area contributed by atoms with Gasteiger partial charge in [-0.15, -0.1) is 0 Å². The lowest BCUT2D eigenvalue weighted by molar-refractivity contribution is 0.322. The van der Waals surface area contributed by atoms with E-state index in [1.807, 2.05) is 6.92 Å². The third-order valence-electron chi connectivity index (χ3n) is 4.89. The van der Waals surface area contributed by atoms with Crippen LogP contribution in [0.15, 0.2) is 81.3 Å². The molecule has 0 fully saturated rings. The molecule has 2 heterocycles. The Morgan fingerprint density at radius 3 is 2.26 bits per heavy atom. The SMILES string of the molecule is Cc1ccc(S(=O)(=O)Nc2ccc(C3=NN(S(C)(=O)=O)C(c4ccco4)C3)cc2)cc1. The molecule has 162 valence electrons. The van der Waals surface area contributed by atoms with Crippen LogP contribution in [0.3, 0.4) is 0 Å². The highest BCUT2D eigenvalue weighted by Crippen LogP contribution is 2.35. The van der Waals surface area contributed by atoms with E-state index in [-0.39, 0.29) is 4.90 Å². The second-order valence-electron chi connectivity index (χ2n) is 7.31. The van der Waals surface area contributed by atoms with E-state index in [1.54, 1.807) is 60.7 Å². The van der Waals surface area contributed by atoms with Gasteiger partial charge in [0, 0.05) is 12.1 Å². The van der Waals surface area contributed by atoms with Crippen LogP contribution in [0.1, 0.15) is 29.3 Å². The van der Waals surface area contributed by atoms with Gasteiger partial charge in [0.15, 0.2) is 0 Å². The Morgan fingerprint density at radius 2 is 1.68 bits per heavy atom. The maximum atomic E-state index is 12.6. The van der Waals surface area contributed by atoms with Crippen molar-refractivity contribution in [3.05, 3.63) is 83.8 Å². The molecule has 0 aliphatic carbocycles. The molecule has 0 radical (unpaired) electrons. The van der Waals surface area contributed by atoms with Gasteiger partial charge < -0.3 is 4.42 Å². The largest absolute Gasteiger partial charge is 0.467 e. The first-order chi connectivity index (χ1) is 14.6. The zero-order chi connectivity index (χ0) is 22.2. The van der Waals surface area contributed by atoms with Crippen molar-refractivity contribution in [1.82, 2.24) is 4.41 Å². The van der Waals surface area contributed by atoms with Crippen LogP contribution in [0, 0.1) is 6.92 Å². The standard InChI is InChI=1S/C21H21N3O5S2/c1-15-5-11-18(12-6-15)31(27,28)23-17-9-7-16(8-10-17)19-14-20(21-4-3-13-29-21)24(22-19)30(2,25)26/h3-13,20,23H,14H2,1-2H3. The number of anilines is 1. The topological polar surface area (TPSA) is 109 Å². The molecule has 1 aliphatic heterocycles. The van der Waals surface area contributed by atoms with Crippen molar-refractivity contribution >= 4 is 31.4 Å². The van der Waals surface area contributed by atoms with E-state index < -0.39 is 26.1 Å². The summed E-state index contributed by atoms with van der Waals surface area (Å²) in [5, 5.41) is 4.29. The molecule has 0 amide bonds. The van der Waals surface area contributed by atoms with Crippen LogP contribution in [0.4, 0.5) is 5.69 Å². The predicted octanol–water partition coefficient (Wildman–Crippen LogP) is 3.50. The van der Waals surface area contributed by atoms with E-state index in [0.29, 0.717) is 29.1 Å². The lowest BCUT2D eigenvalue weighted by Gasteiger charge is -2.18. The smallest absolute Gasteiger partial charge is 0.261 e. The number of furan rings is 1. The summed E-state index contributed by atoms with van der Waals surface area (Å²) < 4.78 is 58.5. The van der Waals surface area contributed by atoms with Crippen LogP contribution < -0.4 is 4.72 Å². The van der Waals surface area contributed by atoms with Crippen molar-refractivity contribution in [3.8, 4) is 0 Å². The van der Waals surface area contributed by atoms with Crippen molar-refractivity contribution in [2.45, 2.75) is 24.3 Å². The molecule has 0 bridgehead atoms. The normalized spacial score (nSPS) is 16.9. The number of hydrogen-bond acceptors (Lipinski definition) is 6. The fourth-order valence-electron chi connectivity index (χ4n) is 3.32. The summed E-state index contributed by atoms with van der Waals surface area (Å²) in [6, 6.07) is 16.1. The van der Waals surface area contributed by atoms with Crippen LogP contribution in [0.5, 0.6) is 0 Å². The molecule has 1 atom stereocenters. The molecule has 0 saturated carbocycles. The molecule has 1 aromatic heterocycles. The van der Waals surface area contributed by atoms with Crippen molar-refractivity contribution in [3.63, 3.8) is 0 Å². The van der Waals surface area contributed by atoms with Gasteiger partial charge in [-0.05, 0) is 48.9 Å². The van der Waals surface area contributed by atoms with Gasteiger partial charge in [0.05, 0.1) is 23.1 Å². The number of hydrazone groups is 1. The molecule has 31 heavy (non-hydrogen) atoms. The van der Waals surface area contributed by atoms with Gasteiger partial charge >= 0.3 is 0 Å². The van der Waals surface area contributed by atoms with Crippen LogP contribution in [-0.4, -0.2) is 33.2 Å². The van der Waals surface area contributed by atoms with E-state index in [4.69, 9.17) is 4.42 Å². The van der Waals surface area contributed by atoms with E-state index in [9.17, 15) is 16.8 Å². The average Bonchev–Trinajstić information content (AvgIpc) is 3.38.